The maximum Gasteiger partial charge on any atom is 0.265 e. The van der Waals surface area contributed by atoms with E-state index in [-0.39, 0.29) is 4.90 Å². The fourth-order valence-corrected chi connectivity index (χ4v) is 3.95. The highest BCUT2D eigenvalue weighted by molar-refractivity contribution is 7.93. The van der Waals surface area contributed by atoms with Gasteiger partial charge in [-0.2, -0.15) is 4.98 Å². The molecule has 0 bridgehead atoms. The third-order valence-corrected chi connectivity index (χ3v) is 5.33. The number of pyridine rings is 1. The molecule has 0 saturated carbocycles. The fraction of sp³-hybridized carbons (Fsp3) is 0.0625. The smallest absolute Gasteiger partial charge is 0.265 e. The molecule has 3 N–H and O–H groups in total. The predicted octanol–water partition coefficient (Wildman–Crippen LogP) is 3.13. The van der Waals surface area contributed by atoms with Crippen LogP contribution >= 0.6 is 0 Å². The Morgan fingerprint density at radius 1 is 1.12 bits per heavy atom. The van der Waals surface area contributed by atoms with Gasteiger partial charge in [-0.1, -0.05) is 12.1 Å². The first-order chi connectivity index (χ1) is 12.4. The first-order valence-electron chi connectivity index (χ1n) is 7.41. The summed E-state index contributed by atoms with van der Waals surface area (Å²) < 4.78 is 59.5. The molecule has 10 heteroatoms. The molecule has 0 radical (unpaired) electrons. The zero-order valence-corrected chi connectivity index (χ0v) is 14.1. The van der Waals surface area contributed by atoms with Gasteiger partial charge in [-0.3, -0.25) is 4.72 Å². The van der Waals surface area contributed by atoms with Crippen LogP contribution in [-0.2, 0) is 10.0 Å². The fourth-order valence-electron chi connectivity index (χ4n) is 2.77. The number of ether oxygens (including phenoxy) is 1. The number of aromatic nitrogens is 3. The number of nitrogens with zero attached hydrogens (tertiary/aromatic N) is 1. The van der Waals surface area contributed by atoms with E-state index in [1.165, 1.54) is 6.20 Å². The van der Waals surface area contributed by atoms with Gasteiger partial charge in [0, 0.05) is 29.2 Å². The molecule has 4 rings (SSSR count). The number of fused-ring (bicyclic) bond motifs is 3. The van der Waals surface area contributed by atoms with Gasteiger partial charge in [0.2, 0.25) is 0 Å². The molecule has 0 amide bonds. The minimum Gasteiger partial charge on any atom is -0.479 e. The summed E-state index contributed by atoms with van der Waals surface area (Å²) in [6.45, 7) is 0. The second-order valence-electron chi connectivity index (χ2n) is 5.50. The molecule has 1 aromatic carbocycles. The molecule has 26 heavy (non-hydrogen) atoms. The zero-order valence-electron chi connectivity index (χ0n) is 13.3. The van der Waals surface area contributed by atoms with Crippen molar-refractivity contribution in [2.75, 3.05) is 11.8 Å². The van der Waals surface area contributed by atoms with E-state index in [0.29, 0.717) is 17.0 Å². The summed E-state index contributed by atoms with van der Waals surface area (Å²) in [4.78, 5) is 9.38. The number of sulfonamides is 1. The molecule has 0 unspecified atom stereocenters. The number of anilines is 1. The second-order valence-corrected chi connectivity index (χ2v) is 7.15. The number of rotatable bonds is 4. The lowest BCUT2D eigenvalue weighted by Crippen LogP contribution is -2.15. The largest absolute Gasteiger partial charge is 0.479 e. The average Bonchev–Trinajstić information content (AvgIpc) is 3.22. The van der Waals surface area contributed by atoms with Crippen molar-refractivity contribution in [3.05, 3.63) is 48.3 Å². The maximum atomic E-state index is 13.9. The van der Waals surface area contributed by atoms with Crippen molar-refractivity contribution in [1.29, 1.82) is 0 Å². The Hall–Kier alpha value is -3.14. The van der Waals surface area contributed by atoms with Crippen LogP contribution in [0.15, 0.2) is 41.6 Å². The summed E-state index contributed by atoms with van der Waals surface area (Å²) in [6, 6.07) is 5.76. The monoisotopic (exact) mass is 378 g/mol. The molecule has 3 heterocycles. The molecular formula is C16H12F2N4O3S. The van der Waals surface area contributed by atoms with E-state index >= 15 is 0 Å². The van der Waals surface area contributed by atoms with Crippen molar-refractivity contribution >= 4 is 37.6 Å². The molecule has 134 valence electrons. The molecule has 0 aliphatic carbocycles. The molecule has 7 nitrogen and oxygen atoms in total. The molecule has 0 spiro atoms. The van der Waals surface area contributed by atoms with E-state index in [9.17, 15) is 17.2 Å². The highest BCUT2D eigenvalue weighted by atomic mass is 32.2. The lowest BCUT2D eigenvalue weighted by atomic mass is 10.2. The standard InChI is InChI=1S/C16H12F2N4O3S/c1-25-16-11(18)6-10(17)15(21-16)22-26(23,24)12-7-20-14-9(12)3-2-8-4-5-19-13(8)14/h2-7,19-20H,1H3,(H,21,22). The first kappa shape index (κ1) is 16.3. The number of hydrogen-bond acceptors (Lipinski definition) is 4. The van der Waals surface area contributed by atoms with Gasteiger partial charge in [0.15, 0.2) is 17.5 Å². The molecular weight excluding hydrogens is 366 g/mol. The topological polar surface area (TPSA) is 99.9 Å². The second kappa shape index (κ2) is 5.70. The van der Waals surface area contributed by atoms with Crippen LogP contribution in [0.1, 0.15) is 0 Å². The van der Waals surface area contributed by atoms with Crippen LogP contribution in [0, 0.1) is 11.6 Å². The van der Waals surface area contributed by atoms with E-state index in [1.54, 1.807) is 18.3 Å². The SMILES string of the molecule is COc1nc(NS(=O)(=O)c2c[nH]c3c2ccc2cc[nH]c23)c(F)cc1F. The van der Waals surface area contributed by atoms with Crippen LogP contribution in [0.25, 0.3) is 21.8 Å². The molecule has 0 fully saturated rings. The van der Waals surface area contributed by atoms with E-state index in [2.05, 4.69) is 19.7 Å². The minimum atomic E-state index is -4.18. The number of aromatic amines is 2. The Bertz CT molecular complexity index is 1250. The number of H-pyrrole nitrogens is 2. The number of methoxy groups -OCH3 is 1. The molecule has 0 aliphatic rings. The van der Waals surface area contributed by atoms with Crippen molar-refractivity contribution in [3.8, 4) is 5.88 Å². The van der Waals surface area contributed by atoms with Gasteiger partial charge in [-0.25, -0.2) is 17.2 Å². The Kier molecular flexibility index (Phi) is 3.58. The molecule has 0 aliphatic heterocycles. The molecule has 4 aromatic rings. The predicted molar refractivity (Wildman–Crippen MR) is 91.7 cm³/mol. The van der Waals surface area contributed by atoms with Crippen LogP contribution in [0.3, 0.4) is 0 Å². The van der Waals surface area contributed by atoms with Crippen molar-refractivity contribution in [3.63, 3.8) is 0 Å². The lowest BCUT2D eigenvalue weighted by Gasteiger charge is -2.09. The van der Waals surface area contributed by atoms with Crippen molar-refractivity contribution < 1.29 is 21.9 Å². The third kappa shape index (κ3) is 2.46. The number of hydrogen-bond donors (Lipinski definition) is 3. The Labute approximate surface area is 146 Å². The quantitative estimate of drug-likeness (QED) is 0.508. The Balaban J connectivity index is 1.81. The van der Waals surface area contributed by atoms with Gasteiger partial charge in [-0.15, -0.1) is 0 Å². The van der Waals surface area contributed by atoms with Crippen molar-refractivity contribution in [1.82, 2.24) is 15.0 Å². The van der Waals surface area contributed by atoms with Crippen LogP contribution < -0.4 is 9.46 Å². The van der Waals surface area contributed by atoms with Crippen molar-refractivity contribution in [2.24, 2.45) is 0 Å². The van der Waals surface area contributed by atoms with Crippen molar-refractivity contribution in [2.45, 2.75) is 4.90 Å². The highest BCUT2D eigenvalue weighted by Crippen LogP contribution is 2.30. The van der Waals surface area contributed by atoms with E-state index in [4.69, 9.17) is 0 Å². The van der Waals surface area contributed by atoms with Crippen LogP contribution in [0.4, 0.5) is 14.6 Å². The van der Waals surface area contributed by atoms with Gasteiger partial charge < -0.3 is 14.7 Å². The Morgan fingerprint density at radius 3 is 2.69 bits per heavy atom. The van der Waals surface area contributed by atoms with Gasteiger partial charge in [0.1, 0.15) is 4.90 Å². The van der Waals surface area contributed by atoms with E-state index in [1.807, 2.05) is 10.8 Å². The number of benzene rings is 1. The maximum absolute atomic E-state index is 13.9. The minimum absolute atomic E-state index is 0.0894. The summed E-state index contributed by atoms with van der Waals surface area (Å²) in [5, 5.41) is 1.33. The number of nitrogens with one attached hydrogen (secondary N) is 3. The normalized spacial score (nSPS) is 12.0. The molecule has 3 aromatic heterocycles. The molecule has 0 atom stereocenters. The summed E-state index contributed by atoms with van der Waals surface area (Å²) in [5.41, 5.74) is 1.34. The van der Waals surface area contributed by atoms with Gasteiger partial charge in [-0.05, 0) is 6.07 Å². The first-order valence-corrected chi connectivity index (χ1v) is 8.89. The van der Waals surface area contributed by atoms with Crippen LogP contribution in [-0.4, -0.2) is 30.5 Å². The summed E-state index contributed by atoms with van der Waals surface area (Å²) >= 11 is 0. The van der Waals surface area contributed by atoms with Gasteiger partial charge >= 0.3 is 0 Å². The number of halogens is 2. The zero-order chi connectivity index (χ0) is 18.5. The van der Waals surface area contributed by atoms with Crippen LogP contribution in [0.2, 0.25) is 0 Å². The molecule has 0 saturated heterocycles. The summed E-state index contributed by atoms with van der Waals surface area (Å²) in [5.74, 6) is -3.36. The highest BCUT2D eigenvalue weighted by Gasteiger charge is 2.23. The lowest BCUT2D eigenvalue weighted by molar-refractivity contribution is 0.367. The third-order valence-electron chi connectivity index (χ3n) is 3.95. The summed E-state index contributed by atoms with van der Waals surface area (Å²) in [7, 11) is -3.04. The van der Waals surface area contributed by atoms with E-state index < -0.39 is 33.4 Å². The van der Waals surface area contributed by atoms with E-state index in [0.717, 1.165) is 18.0 Å². The summed E-state index contributed by atoms with van der Waals surface area (Å²) in [6.07, 6.45) is 3.04. The van der Waals surface area contributed by atoms with Gasteiger partial charge in [0.25, 0.3) is 15.9 Å². The van der Waals surface area contributed by atoms with Crippen LogP contribution in [0.5, 0.6) is 5.88 Å². The average molecular weight is 378 g/mol. The Morgan fingerprint density at radius 2 is 1.92 bits per heavy atom. The van der Waals surface area contributed by atoms with Gasteiger partial charge in [0.05, 0.1) is 18.1 Å².